The van der Waals surface area contributed by atoms with E-state index in [1.165, 1.54) is 11.6 Å². The number of sulfonamides is 1. The zero-order valence-corrected chi connectivity index (χ0v) is 18.2. The van der Waals surface area contributed by atoms with E-state index in [1.54, 1.807) is 43.3 Å². The van der Waals surface area contributed by atoms with E-state index in [1.807, 2.05) is 37.3 Å². The molecule has 0 bridgehead atoms. The van der Waals surface area contributed by atoms with Crippen molar-refractivity contribution in [1.29, 1.82) is 0 Å². The zero-order chi connectivity index (χ0) is 21.7. The number of carbonyl (C=O) groups excluding carboxylic acids is 1. The minimum atomic E-state index is -3.82. The summed E-state index contributed by atoms with van der Waals surface area (Å²) in [5, 5.41) is 2.94. The molecule has 0 aliphatic carbocycles. The first-order chi connectivity index (χ1) is 14.3. The fraction of sp³-hybridized carbons (Fsp3) is 0.208. The maximum atomic E-state index is 12.9. The van der Waals surface area contributed by atoms with Crippen LogP contribution in [0.2, 0.25) is 0 Å². The Morgan fingerprint density at radius 2 is 1.63 bits per heavy atom. The zero-order valence-electron chi connectivity index (χ0n) is 17.3. The van der Waals surface area contributed by atoms with Gasteiger partial charge in [-0.05, 0) is 61.2 Å². The molecule has 0 aliphatic rings. The molecule has 0 unspecified atom stereocenters. The van der Waals surface area contributed by atoms with Gasteiger partial charge in [0.25, 0.3) is 15.9 Å². The van der Waals surface area contributed by atoms with Gasteiger partial charge in [0.05, 0.1) is 10.9 Å². The van der Waals surface area contributed by atoms with Crippen molar-refractivity contribution >= 4 is 21.6 Å². The van der Waals surface area contributed by atoms with Crippen molar-refractivity contribution < 1.29 is 13.2 Å². The summed E-state index contributed by atoms with van der Waals surface area (Å²) in [6.07, 6.45) is 0.957. The number of rotatable bonds is 7. The number of anilines is 1. The van der Waals surface area contributed by atoms with Crippen LogP contribution in [0.1, 0.15) is 46.9 Å². The fourth-order valence-corrected chi connectivity index (χ4v) is 4.48. The fourth-order valence-electron chi connectivity index (χ4n) is 3.15. The molecular formula is C24H26N2O3S. The highest BCUT2D eigenvalue weighted by molar-refractivity contribution is 7.92. The molecule has 0 radical (unpaired) electrons. The van der Waals surface area contributed by atoms with Gasteiger partial charge in [-0.3, -0.25) is 9.52 Å². The Morgan fingerprint density at radius 3 is 2.27 bits per heavy atom. The number of aryl methyl sites for hydroxylation is 2. The normalized spacial score (nSPS) is 12.2. The standard InChI is InChI=1S/C24H26N2O3S/c1-4-19-11-14-20(15-12-19)18(3)25-24(27)21-13-10-17(2)23(16-21)30(28,29)26-22-8-6-5-7-9-22/h5-16,18,26H,4H2,1-3H3,(H,25,27)/t18-/m0/s1. The minimum Gasteiger partial charge on any atom is -0.346 e. The van der Waals surface area contributed by atoms with Gasteiger partial charge < -0.3 is 5.32 Å². The van der Waals surface area contributed by atoms with Crippen LogP contribution >= 0.6 is 0 Å². The molecule has 2 N–H and O–H groups in total. The van der Waals surface area contributed by atoms with Crippen molar-refractivity contribution in [3.8, 4) is 0 Å². The Kier molecular flexibility index (Phi) is 6.57. The van der Waals surface area contributed by atoms with Crippen molar-refractivity contribution in [2.24, 2.45) is 0 Å². The first-order valence-electron chi connectivity index (χ1n) is 9.88. The molecule has 0 aliphatic heterocycles. The molecule has 1 atom stereocenters. The molecule has 0 fully saturated rings. The van der Waals surface area contributed by atoms with Crippen LogP contribution in [0.5, 0.6) is 0 Å². The van der Waals surface area contributed by atoms with E-state index in [4.69, 9.17) is 0 Å². The number of benzene rings is 3. The number of amides is 1. The summed E-state index contributed by atoms with van der Waals surface area (Å²) in [6.45, 7) is 5.71. The maximum absolute atomic E-state index is 12.9. The lowest BCUT2D eigenvalue weighted by Gasteiger charge is -2.16. The van der Waals surface area contributed by atoms with Crippen molar-refractivity contribution in [3.05, 3.63) is 95.1 Å². The summed E-state index contributed by atoms with van der Waals surface area (Å²) >= 11 is 0. The number of nitrogens with one attached hydrogen (secondary N) is 2. The van der Waals surface area contributed by atoms with Crippen LogP contribution in [-0.2, 0) is 16.4 Å². The Bertz CT molecular complexity index is 1120. The van der Waals surface area contributed by atoms with Crippen LogP contribution in [0, 0.1) is 6.92 Å². The third-order valence-corrected chi connectivity index (χ3v) is 6.52. The lowest BCUT2D eigenvalue weighted by atomic mass is 10.0. The van der Waals surface area contributed by atoms with Crippen LogP contribution in [-0.4, -0.2) is 14.3 Å². The number of carbonyl (C=O) groups is 1. The van der Waals surface area contributed by atoms with Gasteiger partial charge in [-0.1, -0.05) is 55.5 Å². The molecular weight excluding hydrogens is 396 g/mol. The lowest BCUT2D eigenvalue weighted by molar-refractivity contribution is 0.0939. The lowest BCUT2D eigenvalue weighted by Crippen LogP contribution is -2.27. The molecule has 6 heteroatoms. The third-order valence-electron chi connectivity index (χ3n) is 5.00. The molecule has 3 aromatic rings. The number of para-hydroxylation sites is 1. The molecule has 0 saturated carbocycles. The van der Waals surface area contributed by atoms with Crippen molar-refractivity contribution in [3.63, 3.8) is 0 Å². The second-order valence-corrected chi connectivity index (χ2v) is 8.89. The van der Waals surface area contributed by atoms with Gasteiger partial charge in [0.2, 0.25) is 0 Å². The van der Waals surface area contributed by atoms with Gasteiger partial charge in [-0.25, -0.2) is 8.42 Å². The smallest absolute Gasteiger partial charge is 0.262 e. The summed E-state index contributed by atoms with van der Waals surface area (Å²) in [7, 11) is -3.82. The summed E-state index contributed by atoms with van der Waals surface area (Å²) < 4.78 is 28.3. The Balaban J connectivity index is 1.80. The Labute approximate surface area is 178 Å². The van der Waals surface area contributed by atoms with Gasteiger partial charge in [0.15, 0.2) is 0 Å². The molecule has 0 heterocycles. The first-order valence-corrected chi connectivity index (χ1v) is 11.4. The third kappa shape index (κ3) is 5.07. The highest BCUT2D eigenvalue weighted by Gasteiger charge is 2.20. The van der Waals surface area contributed by atoms with E-state index in [0.29, 0.717) is 16.8 Å². The largest absolute Gasteiger partial charge is 0.346 e. The van der Waals surface area contributed by atoms with Gasteiger partial charge in [0.1, 0.15) is 0 Å². The van der Waals surface area contributed by atoms with E-state index >= 15 is 0 Å². The van der Waals surface area contributed by atoms with Gasteiger partial charge >= 0.3 is 0 Å². The topological polar surface area (TPSA) is 75.3 Å². The predicted octanol–water partition coefficient (Wildman–Crippen LogP) is 4.85. The number of hydrogen-bond donors (Lipinski definition) is 2. The second kappa shape index (κ2) is 9.13. The summed E-state index contributed by atoms with van der Waals surface area (Å²) in [5.74, 6) is -0.321. The first kappa shape index (κ1) is 21.6. The van der Waals surface area contributed by atoms with Crippen molar-refractivity contribution in [2.45, 2.75) is 38.1 Å². The quantitative estimate of drug-likeness (QED) is 0.572. The summed E-state index contributed by atoms with van der Waals surface area (Å²) in [5.41, 5.74) is 3.56. The Morgan fingerprint density at radius 1 is 0.967 bits per heavy atom. The average Bonchev–Trinajstić information content (AvgIpc) is 2.74. The molecule has 30 heavy (non-hydrogen) atoms. The Hall–Kier alpha value is -3.12. The van der Waals surface area contributed by atoms with E-state index in [2.05, 4.69) is 17.0 Å². The molecule has 0 aromatic heterocycles. The van der Waals surface area contributed by atoms with E-state index in [9.17, 15) is 13.2 Å². The average molecular weight is 423 g/mol. The molecule has 0 spiro atoms. The highest BCUT2D eigenvalue weighted by atomic mass is 32.2. The summed E-state index contributed by atoms with van der Waals surface area (Å²) in [6, 6.07) is 21.3. The SMILES string of the molecule is CCc1ccc([C@H](C)NC(=O)c2ccc(C)c(S(=O)(=O)Nc3ccccc3)c2)cc1. The van der Waals surface area contributed by atoms with Crippen molar-refractivity contribution in [2.75, 3.05) is 4.72 Å². The van der Waals surface area contributed by atoms with Gasteiger partial charge in [0, 0.05) is 11.3 Å². The van der Waals surface area contributed by atoms with Gasteiger partial charge in [-0.15, -0.1) is 0 Å². The maximum Gasteiger partial charge on any atom is 0.262 e. The van der Waals surface area contributed by atoms with E-state index < -0.39 is 10.0 Å². The molecule has 156 valence electrons. The molecule has 5 nitrogen and oxygen atoms in total. The molecule has 3 aromatic carbocycles. The van der Waals surface area contributed by atoms with E-state index in [0.717, 1.165) is 12.0 Å². The van der Waals surface area contributed by atoms with Crippen LogP contribution in [0.3, 0.4) is 0 Å². The number of hydrogen-bond acceptors (Lipinski definition) is 3. The van der Waals surface area contributed by atoms with Crippen LogP contribution in [0.4, 0.5) is 5.69 Å². The van der Waals surface area contributed by atoms with Crippen LogP contribution in [0.15, 0.2) is 77.7 Å². The van der Waals surface area contributed by atoms with Crippen molar-refractivity contribution in [1.82, 2.24) is 5.32 Å². The van der Waals surface area contributed by atoms with Gasteiger partial charge in [-0.2, -0.15) is 0 Å². The van der Waals surface area contributed by atoms with E-state index in [-0.39, 0.29) is 16.8 Å². The summed E-state index contributed by atoms with van der Waals surface area (Å²) in [4.78, 5) is 12.9. The molecule has 0 saturated heterocycles. The molecule has 1 amide bonds. The van der Waals surface area contributed by atoms with Crippen LogP contribution < -0.4 is 10.0 Å². The highest BCUT2D eigenvalue weighted by Crippen LogP contribution is 2.22. The van der Waals surface area contributed by atoms with Crippen LogP contribution in [0.25, 0.3) is 0 Å². The minimum absolute atomic E-state index is 0.0824. The predicted molar refractivity (Wildman–Crippen MR) is 120 cm³/mol. The second-order valence-electron chi connectivity index (χ2n) is 7.24. The molecule has 3 rings (SSSR count). The monoisotopic (exact) mass is 422 g/mol.